The second-order valence-corrected chi connectivity index (χ2v) is 11.3. The maximum Gasteiger partial charge on any atom is 0.410 e. The summed E-state index contributed by atoms with van der Waals surface area (Å²) in [6.45, 7) is 8.27. The van der Waals surface area contributed by atoms with Crippen LogP contribution >= 0.6 is 0 Å². The molecule has 2 aromatic carbocycles. The summed E-state index contributed by atoms with van der Waals surface area (Å²) in [4.78, 5) is 50.2. The number of imide groups is 1. The van der Waals surface area contributed by atoms with E-state index in [1.54, 1.807) is 36.4 Å². The Balaban J connectivity index is 1.38. The first kappa shape index (κ1) is 29.0. The van der Waals surface area contributed by atoms with Crippen LogP contribution in [0, 0.1) is 0 Å². The van der Waals surface area contributed by atoms with Gasteiger partial charge in [0.2, 0.25) is 5.91 Å². The van der Waals surface area contributed by atoms with Gasteiger partial charge in [0, 0.05) is 56.1 Å². The molecule has 1 aromatic heterocycles. The highest BCUT2D eigenvalue weighted by molar-refractivity contribution is 6.11. The van der Waals surface area contributed by atoms with Crippen LogP contribution in [0.5, 0.6) is 11.5 Å². The van der Waals surface area contributed by atoms with Gasteiger partial charge in [-0.25, -0.2) is 9.59 Å². The third-order valence-corrected chi connectivity index (χ3v) is 7.43. The molecule has 3 heterocycles. The number of piperazine rings is 1. The van der Waals surface area contributed by atoms with Gasteiger partial charge in [0.05, 0.1) is 38.3 Å². The summed E-state index contributed by atoms with van der Waals surface area (Å²) < 4.78 is 16.6. The van der Waals surface area contributed by atoms with Crippen LogP contribution in [-0.4, -0.2) is 85.4 Å². The number of methoxy groups -OCH3 is 2. The number of aromatic nitrogens is 1. The topological polar surface area (TPSA) is 105 Å². The standard InChI is InChI=1S/C31H37N5O6/c1-31(2,3)42-30(39)34-16-14-33(15-17-34)25-11-10-23-24(28(25)41-5)18-32-19-26(23)35-13-12-27(37)36(29(35)38)20-21-6-8-22(40-4)9-7-21/h6-11,18-19H,12-17,20H2,1-5H3. The van der Waals surface area contributed by atoms with E-state index in [-0.39, 0.29) is 31.5 Å². The van der Waals surface area contributed by atoms with Crippen LogP contribution in [-0.2, 0) is 16.1 Å². The number of ether oxygens (including phenoxy) is 3. The van der Waals surface area contributed by atoms with Crippen molar-refractivity contribution in [1.82, 2.24) is 14.8 Å². The Kier molecular flexibility index (Phi) is 8.11. The number of rotatable bonds is 6. The fraction of sp³-hybridized carbons (Fsp3) is 0.419. The van der Waals surface area contributed by atoms with Gasteiger partial charge in [-0.3, -0.25) is 19.6 Å². The van der Waals surface area contributed by atoms with Crippen molar-refractivity contribution in [3.63, 3.8) is 0 Å². The van der Waals surface area contributed by atoms with Gasteiger partial charge in [0.25, 0.3) is 0 Å². The molecule has 0 bridgehead atoms. The van der Waals surface area contributed by atoms with E-state index in [2.05, 4.69) is 9.88 Å². The Morgan fingerprint density at radius 2 is 1.57 bits per heavy atom. The summed E-state index contributed by atoms with van der Waals surface area (Å²) >= 11 is 0. The second kappa shape index (κ2) is 11.8. The maximum atomic E-state index is 13.6. The zero-order valence-electron chi connectivity index (χ0n) is 24.8. The average Bonchev–Trinajstić information content (AvgIpc) is 2.98. The molecule has 3 aromatic rings. The van der Waals surface area contributed by atoms with E-state index in [1.165, 1.54) is 4.90 Å². The van der Waals surface area contributed by atoms with Crippen molar-refractivity contribution in [3.05, 3.63) is 54.4 Å². The smallest absolute Gasteiger partial charge is 0.410 e. The predicted molar refractivity (Wildman–Crippen MR) is 159 cm³/mol. The SMILES string of the molecule is COc1ccc(CN2C(=O)CCN(c3cncc4c(OC)c(N5CCN(C(=O)OC(C)(C)C)CC5)ccc34)C2=O)cc1. The molecule has 42 heavy (non-hydrogen) atoms. The van der Waals surface area contributed by atoms with Crippen molar-refractivity contribution in [3.8, 4) is 11.5 Å². The van der Waals surface area contributed by atoms with Crippen molar-refractivity contribution < 1.29 is 28.6 Å². The van der Waals surface area contributed by atoms with Crippen LogP contribution in [0.15, 0.2) is 48.8 Å². The molecule has 2 saturated heterocycles. The zero-order chi connectivity index (χ0) is 30.0. The van der Waals surface area contributed by atoms with Crippen LogP contribution in [0.3, 0.4) is 0 Å². The second-order valence-electron chi connectivity index (χ2n) is 11.3. The highest BCUT2D eigenvalue weighted by atomic mass is 16.6. The zero-order valence-corrected chi connectivity index (χ0v) is 24.8. The predicted octanol–water partition coefficient (Wildman–Crippen LogP) is 4.67. The minimum Gasteiger partial charge on any atom is -0.497 e. The molecule has 0 radical (unpaired) electrons. The molecule has 222 valence electrons. The first-order valence-corrected chi connectivity index (χ1v) is 14.0. The number of benzene rings is 2. The first-order chi connectivity index (χ1) is 20.1. The monoisotopic (exact) mass is 575 g/mol. The largest absolute Gasteiger partial charge is 0.497 e. The Morgan fingerprint density at radius 3 is 2.21 bits per heavy atom. The van der Waals surface area contributed by atoms with Crippen molar-refractivity contribution in [1.29, 1.82) is 0 Å². The van der Waals surface area contributed by atoms with E-state index in [4.69, 9.17) is 14.2 Å². The summed E-state index contributed by atoms with van der Waals surface area (Å²) in [7, 11) is 3.20. The van der Waals surface area contributed by atoms with E-state index >= 15 is 0 Å². The molecule has 0 aliphatic carbocycles. The molecule has 0 unspecified atom stereocenters. The normalized spacial score (nSPS) is 16.2. The van der Waals surface area contributed by atoms with Crippen LogP contribution in [0.25, 0.3) is 10.8 Å². The van der Waals surface area contributed by atoms with Crippen LogP contribution in [0.2, 0.25) is 0 Å². The van der Waals surface area contributed by atoms with E-state index in [0.717, 1.165) is 22.0 Å². The Labute approximate surface area is 245 Å². The van der Waals surface area contributed by atoms with Gasteiger partial charge in [0.15, 0.2) is 5.75 Å². The molecular formula is C31H37N5O6. The summed E-state index contributed by atoms with van der Waals surface area (Å²) in [5, 5.41) is 1.55. The van der Waals surface area contributed by atoms with Gasteiger partial charge >= 0.3 is 12.1 Å². The molecule has 2 aliphatic heterocycles. The van der Waals surface area contributed by atoms with Gasteiger partial charge in [-0.1, -0.05) is 12.1 Å². The maximum absolute atomic E-state index is 13.6. The number of amides is 4. The molecule has 0 atom stereocenters. The molecular weight excluding hydrogens is 538 g/mol. The van der Waals surface area contributed by atoms with Crippen LogP contribution in [0.1, 0.15) is 32.8 Å². The van der Waals surface area contributed by atoms with Crippen molar-refractivity contribution in [2.45, 2.75) is 39.3 Å². The van der Waals surface area contributed by atoms with Crippen molar-refractivity contribution in [2.24, 2.45) is 0 Å². The molecule has 11 nitrogen and oxygen atoms in total. The van der Waals surface area contributed by atoms with E-state index in [9.17, 15) is 14.4 Å². The number of nitrogens with zero attached hydrogens (tertiary/aromatic N) is 5. The lowest BCUT2D eigenvalue weighted by molar-refractivity contribution is -0.129. The molecule has 11 heteroatoms. The number of carbonyl (C=O) groups is 3. The van der Waals surface area contributed by atoms with E-state index < -0.39 is 11.6 Å². The summed E-state index contributed by atoms with van der Waals surface area (Å²) in [5.74, 6) is 1.13. The van der Waals surface area contributed by atoms with E-state index in [1.807, 2.05) is 57.2 Å². The highest BCUT2D eigenvalue weighted by Gasteiger charge is 2.34. The Hall–Kier alpha value is -4.54. The fourth-order valence-electron chi connectivity index (χ4n) is 5.31. The number of fused-ring (bicyclic) bond motifs is 1. The fourth-order valence-corrected chi connectivity index (χ4v) is 5.31. The lowest BCUT2D eigenvalue weighted by Crippen LogP contribution is -2.52. The molecule has 2 aliphatic rings. The number of hydrogen-bond donors (Lipinski definition) is 0. The highest BCUT2D eigenvalue weighted by Crippen LogP contribution is 2.40. The minimum absolute atomic E-state index is 0.166. The third-order valence-electron chi connectivity index (χ3n) is 7.43. The van der Waals surface area contributed by atoms with Crippen molar-refractivity contribution >= 4 is 40.2 Å². The van der Waals surface area contributed by atoms with Gasteiger partial charge in [-0.2, -0.15) is 0 Å². The molecule has 0 spiro atoms. The van der Waals surface area contributed by atoms with Gasteiger partial charge in [-0.05, 0) is 50.6 Å². The van der Waals surface area contributed by atoms with Crippen LogP contribution in [0.4, 0.5) is 21.0 Å². The summed E-state index contributed by atoms with van der Waals surface area (Å²) in [6, 6.07) is 10.8. The summed E-state index contributed by atoms with van der Waals surface area (Å²) in [5.41, 5.74) is 1.78. The van der Waals surface area contributed by atoms with E-state index in [0.29, 0.717) is 43.4 Å². The Bertz CT molecular complexity index is 1480. The number of pyridine rings is 1. The molecule has 5 rings (SSSR count). The lowest BCUT2D eigenvalue weighted by atomic mass is 10.1. The van der Waals surface area contributed by atoms with Gasteiger partial charge in [0.1, 0.15) is 11.4 Å². The molecule has 0 N–H and O–H groups in total. The average molecular weight is 576 g/mol. The number of anilines is 2. The lowest BCUT2D eigenvalue weighted by Gasteiger charge is -2.37. The summed E-state index contributed by atoms with van der Waals surface area (Å²) in [6.07, 6.45) is 3.27. The van der Waals surface area contributed by atoms with Gasteiger partial charge < -0.3 is 24.0 Å². The molecule has 4 amide bonds. The molecule has 0 saturated carbocycles. The first-order valence-electron chi connectivity index (χ1n) is 14.0. The quantitative estimate of drug-likeness (QED) is 0.418. The number of carbonyl (C=O) groups excluding carboxylic acids is 3. The number of hydrogen-bond acceptors (Lipinski definition) is 8. The third kappa shape index (κ3) is 5.90. The van der Waals surface area contributed by atoms with Gasteiger partial charge in [-0.15, -0.1) is 0 Å². The molecule has 2 fully saturated rings. The minimum atomic E-state index is -0.545. The van der Waals surface area contributed by atoms with Crippen LogP contribution < -0.4 is 19.3 Å². The van der Waals surface area contributed by atoms with Crippen molar-refractivity contribution in [2.75, 3.05) is 56.7 Å². The Morgan fingerprint density at radius 1 is 0.857 bits per heavy atom. The number of urea groups is 1.